The normalized spacial score (nSPS) is 10.2. The Labute approximate surface area is 168 Å². The van der Waals surface area contributed by atoms with Crippen molar-refractivity contribution in [3.8, 4) is 17.2 Å². The van der Waals surface area contributed by atoms with Crippen LogP contribution in [0, 0.1) is 0 Å². The molecule has 0 spiro atoms. The second-order valence-corrected chi connectivity index (χ2v) is 6.33. The molecule has 0 aliphatic rings. The van der Waals surface area contributed by atoms with E-state index in [0.29, 0.717) is 40.1 Å². The van der Waals surface area contributed by atoms with Crippen molar-refractivity contribution in [2.45, 2.75) is 6.61 Å². The molecule has 3 aromatic carbocycles. The molecule has 1 N–H and O–H groups in total. The maximum absolute atomic E-state index is 12.7. The smallest absolute Gasteiger partial charge is 0.255 e. The Morgan fingerprint density at radius 2 is 1.61 bits per heavy atom. The number of amides is 1. The number of carbonyl (C=O) groups is 1. The standard InChI is InChI=1S/C22H20ClNO4/c1-26-19-11-7-6-10-18(19)24-22(25)16-12-17(23)21(20(13-16)27-2)28-14-15-8-4-3-5-9-15/h3-13H,14H2,1-2H3,(H,24,25). The highest BCUT2D eigenvalue weighted by Gasteiger charge is 2.17. The Morgan fingerprint density at radius 1 is 0.929 bits per heavy atom. The molecular weight excluding hydrogens is 378 g/mol. The number of methoxy groups -OCH3 is 2. The highest BCUT2D eigenvalue weighted by molar-refractivity contribution is 6.32. The molecule has 0 radical (unpaired) electrons. The molecule has 1 amide bonds. The van der Waals surface area contributed by atoms with Gasteiger partial charge in [-0.15, -0.1) is 0 Å². The van der Waals surface area contributed by atoms with Crippen LogP contribution in [0.5, 0.6) is 17.2 Å². The summed E-state index contributed by atoms with van der Waals surface area (Å²) in [6.07, 6.45) is 0. The Bertz CT molecular complexity index is 960. The van der Waals surface area contributed by atoms with Gasteiger partial charge in [-0.1, -0.05) is 54.1 Å². The molecule has 6 heteroatoms. The van der Waals surface area contributed by atoms with Crippen LogP contribution in [0.25, 0.3) is 0 Å². The third-order valence-corrected chi connectivity index (χ3v) is 4.35. The maximum Gasteiger partial charge on any atom is 0.255 e. The molecule has 0 aliphatic heterocycles. The van der Waals surface area contributed by atoms with E-state index in [-0.39, 0.29) is 5.91 Å². The third-order valence-electron chi connectivity index (χ3n) is 4.07. The second kappa shape index (κ2) is 9.15. The van der Waals surface area contributed by atoms with Crippen molar-refractivity contribution in [3.63, 3.8) is 0 Å². The molecule has 0 saturated carbocycles. The van der Waals surface area contributed by atoms with E-state index in [2.05, 4.69) is 5.32 Å². The monoisotopic (exact) mass is 397 g/mol. The summed E-state index contributed by atoms with van der Waals surface area (Å²) in [5.41, 5.74) is 1.91. The molecule has 3 rings (SSSR count). The summed E-state index contributed by atoms with van der Waals surface area (Å²) in [6, 6.07) is 20.0. The number of halogens is 1. The lowest BCUT2D eigenvalue weighted by Gasteiger charge is -2.15. The maximum atomic E-state index is 12.7. The van der Waals surface area contributed by atoms with Crippen LogP contribution in [0.1, 0.15) is 15.9 Å². The first kappa shape index (κ1) is 19.6. The minimum atomic E-state index is -0.334. The lowest BCUT2D eigenvalue weighted by molar-refractivity contribution is 0.102. The van der Waals surface area contributed by atoms with Crippen LogP contribution in [-0.2, 0) is 6.61 Å². The first-order chi connectivity index (χ1) is 13.6. The van der Waals surface area contributed by atoms with Gasteiger partial charge < -0.3 is 19.5 Å². The van der Waals surface area contributed by atoms with Crippen LogP contribution in [0.4, 0.5) is 5.69 Å². The SMILES string of the molecule is COc1ccccc1NC(=O)c1cc(Cl)c(OCc2ccccc2)c(OC)c1. The van der Waals surface area contributed by atoms with Crippen molar-refractivity contribution in [2.75, 3.05) is 19.5 Å². The van der Waals surface area contributed by atoms with Crippen LogP contribution < -0.4 is 19.5 Å². The average Bonchev–Trinajstić information content (AvgIpc) is 2.73. The predicted octanol–water partition coefficient (Wildman–Crippen LogP) is 5.19. The van der Waals surface area contributed by atoms with Gasteiger partial charge in [-0.3, -0.25) is 4.79 Å². The zero-order valence-corrected chi connectivity index (χ0v) is 16.3. The Kier molecular flexibility index (Phi) is 6.40. The lowest BCUT2D eigenvalue weighted by atomic mass is 10.1. The van der Waals surface area contributed by atoms with E-state index < -0.39 is 0 Å². The van der Waals surface area contributed by atoms with E-state index in [0.717, 1.165) is 5.56 Å². The van der Waals surface area contributed by atoms with Gasteiger partial charge >= 0.3 is 0 Å². The van der Waals surface area contributed by atoms with Crippen LogP contribution in [0.15, 0.2) is 66.7 Å². The van der Waals surface area contributed by atoms with E-state index in [4.69, 9.17) is 25.8 Å². The molecule has 144 valence electrons. The van der Waals surface area contributed by atoms with Gasteiger partial charge in [-0.05, 0) is 29.8 Å². The van der Waals surface area contributed by atoms with E-state index in [1.54, 1.807) is 31.4 Å². The van der Waals surface area contributed by atoms with Crippen molar-refractivity contribution < 1.29 is 19.0 Å². The molecule has 0 aliphatic carbocycles. The van der Waals surface area contributed by atoms with Gasteiger partial charge in [-0.25, -0.2) is 0 Å². The molecule has 0 unspecified atom stereocenters. The molecule has 0 heterocycles. The number of carbonyl (C=O) groups excluding carboxylic acids is 1. The number of hydrogen-bond acceptors (Lipinski definition) is 4. The summed E-state index contributed by atoms with van der Waals surface area (Å²) >= 11 is 6.38. The second-order valence-electron chi connectivity index (χ2n) is 5.92. The van der Waals surface area contributed by atoms with Crippen LogP contribution in [-0.4, -0.2) is 20.1 Å². The van der Waals surface area contributed by atoms with Crippen LogP contribution >= 0.6 is 11.6 Å². The van der Waals surface area contributed by atoms with Gasteiger partial charge in [0, 0.05) is 5.56 Å². The van der Waals surface area contributed by atoms with Crippen molar-refractivity contribution >= 4 is 23.2 Å². The predicted molar refractivity (Wildman–Crippen MR) is 110 cm³/mol. The largest absolute Gasteiger partial charge is 0.495 e. The number of benzene rings is 3. The molecule has 0 aromatic heterocycles. The van der Waals surface area contributed by atoms with Gasteiger partial charge in [0.1, 0.15) is 12.4 Å². The lowest BCUT2D eigenvalue weighted by Crippen LogP contribution is -2.13. The van der Waals surface area contributed by atoms with E-state index >= 15 is 0 Å². The number of ether oxygens (including phenoxy) is 3. The fourth-order valence-electron chi connectivity index (χ4n) is 2.66. The molecule has 0 saturated heterocycles. The van der Waals surface area contributed by atoms with Crippen molar-refractivity contribution in [1.82, 2.24) is 0 Å². The number of nitrogens with one attached hydrogen (secondary N) is 1. The molecular formula is C22H20ClNO4. The number of anilines is 1. The highest BCUT2D eigenvalue weighted by Crippen LogP contribution is 2.37. The van der Waals surface area contributed by atoms with Gasteiger partial charge in [-0.2, -0.15) is 0 Å². The summed E-state index contributed by atoms with van der Waals surface area (Å²) in [6.45, 7) is 0.337. The zero-order valence-electron chi connectivity index (χ0n) is 15.6. The Hall–Kier alpha value is -3.18. The third kappa shape index (κ3) is 4.56. The molecule has 0 bridgehead atoms. The van der Waals surface area contributed by atoms with Crippen molar-refractivity contribution in [1.29, 1.82) is 0 Å². The van der Waals surface area contributed by atoms with E-state index in [1.165, 1.54) is 7.11 Å². The van der Waals surface area contributed by atoms with E-state index in [9.17, 15) is 4.79 Å². The minimum absolute atomic E-state index is 0.292. The summed E-state index contributed by atoms with van der Waals surface area (Å²) in [5, 5.41) is 3.11. The van der Waals surface area contributed by atoms with Gasteiger partial charge in [0.2, 0.25) is 0 Å². The fraction of sp³-hybridized carbons (Fsp3) is 0.136. The number of hydrogen-bond donors (Lipinski definition) is 1. The first-order valence-corrected chi connectivity index (χ1v) is 8.98. The van der Waals surface area contributed by atoms with Gasteiger partial charge in [0.05, 0.1) is 24.9 Å². The van der Waals surface area contributed by atoms with Crippen LogP contribution in [0.3, 0.4) is 0 Å². The minimum Gasteiger partial charge on any atom is -0.495 e. The Morgan fingerprint density at radius 3 is 2.32 bits per heavy atom. The molecule has 5 nitrogen and oxygen atoms in total. The topological polar surface area (TPSA) is 56.8 Å². The highest BCUT2D eigenvalue weighted by atomic mass is 35.5. The Balaban J connectivity index is 1.81. The summed E-state index contributed by atoms with van der Waals surface area (Å²) in [5.74, 6) is 1.01. The van der Waals surface area contributed by atoms with E-state index in [1.807, 2.05) is 42.5 Å². The van der Waals surface area contributed by atoms with Gasteiger partial charge in [0.25, 0.3) is 5.91 Å². The first-order valence-electron chi connectivity index (χ1n) is 8.61. The van der Waals surface area contributed by atoms with Crippen LogP contribution in [0.2, 0.25) is 5.02 Å². The number of para-hydroxylation sites is 2. The quantitative estimate of drug-likeness (QED) is 0.596. The van der Waals surface area contributed by atoms with Gasteiger partial charge in [0.15, 0.2) is 11.5 Å². The molecule has 28 heavy (non-hydrogen) atoms. The molecule has 3 aromatic rings. The average molecular weight is 398 g/mol. The molecule has 0 atom stereocenters. The fourth-order valence-corrected chi connectivity index (χ4v) is 2.93. The van der Waals surface area contributed by atoms with Crippen molar-refractivity contribution in [3.05, 3.63) is 82.9 Å². The molecule has 0 fully saturated rings. The van der Waals surface area contributed by atoms with Crippen molar-refractivity contribution in [2.24, 2.45) is 0 Å². The zero-order chi connectivity index (χ0) is 19.9. The summed E-state index contributed by atoms with van der Waals surface area (Å²) < 4.78 is 16.5. The number of rotatable bonds is 7. The summed E-state index contributed by atoms with van der Waals surface area (Å²) in [7, 11) is 3.05. The summed E-state index contributed by atoms with van der Waals surface area (Å²) in [4.78, 5) is 12.7.